The number of benzene rings is 2. The van der Waals surface area contributed by atoms with Crippen LogP contribution < -0.4 is 14.4 Å². The normalized spacial score (nSPS) is 17.2. The van der Waals surface area contributed by atoms with Crippen molar-refractivity contribution in [3.63, 3.8) is 0 Å². The molecule has 8 heteroatoms. The SMILES string of the molecule is C=CCOc1cccc(C2/C(=C(\O)c3ccc(OCC)cc3)C(=O)C(=O)N2c2nccs2)c1. The van der Waals surface area contributed by atoms with E-state index in [-0.39, 0.29) is 11.3 Å². The first-order valence-corrected chi connectivity index (χ1v) is 11.2. The molecule has 1 unspecified atom stereocenters. The summed E-state index contributed by atoms with van der Waals surface area (Å²) in [6, 6.07) is 12.9. The third-order valence-corrected chi connectivity index (χ3v) is 5.82. The van der Waals surface area contributed by atoms with Gasteiger partial charge in [-0.2, -0.15) is 0 Å². The van der Waals surface area contributed by atoms with Gasteiger partial charge in [0.15, 0.2) is 5.13 Å². The Kier molecular flexibility index (Phi) is 6.55. The van der Waals surface area contributed by atoms with Gasteiger partial charge in [0, 0.05) is 17.1 Å². The Morgan fingerprint density at radius 3 is 2.64 bits per heavy atom. The van der Waals surface area contributed by atoms with Crippen LogP contribution in [0.1, 0.15) is 24.1 Å². The second-order valence-electron chi connectivity index (χ2n) is 7.11. The van der Waals surface area contributed by atoms with E-state index in [2.05, 4.69) is 11.6 Å². The molecule has 33 heavy (non-hydrogen) atoms. The molecule has 2 aromatic carbocycles. The van der Waals surface area contributed by atoms with E-state index in [1.54, 1.807) is 66.2 Å². The predicted octanol–water partition coefficient (Wildman–Crippen LogP) is 4.73. The predicted molar refractivity (Wildman–Crippen MR) is 127 cm³/mol. The van der Waals surface area contributed by atoms with Crippen LogP contribution in [0.25, 0.3) is 5.76 Å². The molecule has 168 valence electrons. The summed E-state index contributed by atoms with van der Waals surface area (Å²) in [5, 5.41) is 13.3. The minimum atomic E-state index is -0.866. The van der Waals surface area contributed by atoms with E-state index in [0.29, 0.717) is 41.0 Å². The zero-order valence-electron chi connectivity index (χ0n) is 17.9. The first-order valence-electron chi connectivity index (χ1n) is 10.3. The largest absolute Gasteiger partial charge is 0.507 e. The highest BCUT2D eigenvalue weighted by atomic mass is 32.1. The molecular weight excluding hydrogens is 440 g/mol. The number of amides is 1. The number of aliphatic hydroxyl groups excluding tert-OH is 1. The first-order chi connectivity index (χ1) is 16.0. The summed E-state index contributed by atoms with van der Waals surface area (Å²) in [5.41, 5.74) is 0.998. The zero-order chi connectivity index (χ0) is 23.4. The standard InChI is InChI=1S/C25H22N2O5S/c1-3-13-32-19-7-5-6-17(15-19)21-20(22(28)16-8-10-18(11-9-16)31-4-2)23(29)24(30)27(21)25-26-12-14-33-25/h3,5-12,14-15,21,28H,1,4,13H2,2H3/b22-20+. The van der Waals surface area contributed by atoms with Gasteiger partial charge in [-0.25, -0.2) is 4.98 Å². The third-order valence-electron chi connectivity index (χ3n) is 5.05. The molecule has 0 bridgehead atoms. The highest BCUT2D eigenvalue weighted by Crippen LogP contribution is 2.43. The Labute approximate surface area is 195 Å². The Morgan fingerprint density at radius 2 is 1.97 bits per heavy atom. The zero-order valence-corrected chi connectivity index (χ0v) is 18.7. The molecule has 0 aliphatic carbocycles. The number of ether oxygens (including phenoxy) is 2. The minimum absolute atomic E-state index is 0.0137. The number of Topliss-reactive ketones (excluding diaryl/α,β-unsaturated/α-hetero) is 1. The molecule has 0 spiro atoms. The maximum Gasteiger partial charge on any atom is 0.301 e. The van der Waals surface area contributed by atoms with Gasteiger partial charge in [-0.05, 0) is 48.9 Å². The summed E-state index contributed by atoms with van der Waals surface area (Å²) in [7, 11) is 0. The van der Waals surface area contributed by atoms with E-state index < -0.39 is 17.7 Å². The van der Waals surface area contributed by atoms with E-state index in [0.717, 1.165) is 0 Å². The van der Waals surface area contributed by atoms with Crippen molar-refractivity contribution >= 4 is 33.9 Å². The van der Waals surface area contributed by atoms with Crippen LogP contribution >= 0.6 is 11.3 Å². The van der Waals surface area contributed by atoms with Crippen LogP contribution in [0.3, 0.4) is 0 Å². The summed E-state index contributed by atoms with van der Waals surface area (Å²) in [4.78, 5) is 31.8. The lowest BCUT2D eigenvalue weighted by Gasteiger charge is -2.23. The maximum atomic E-state index is 13.1. The van der Waals surface area contributed by atoms with Gasteiger partial charge >= 0.3 is 5.91 Å². The monoisotopic (exact) mass is 462 g/mol. The number of aromatic nitrogens is 1. The van der Waals surface area contributed by atoms with Crippen LogP contribution in [0.4, 0.5) is 5.13 Å². The van der Waals surface area contributed by atoms with Crippen LogP contribution in [0.5, 0.6) is 11.5 Å². The molecule has 1 aromatic heterocycles. The number of ketones is 1. The number of carbonyl (C=O) groups is 2. The number of thiazole rings is 1. The fraction of sp³-hybridized carbons (Fsp3) is 0.160. The molecule has 1 saturated heterocycles. The summed E-state index contributed by atoms with van der Waals surface area (Å²) in [6.45, 7) is 6.34. The molecular formula is C25H22N2O5S. The lowest BCUT2D eigenvalue weighted by atomic mass is 9.95. The van der Waals surface area contributed by atoms with Crippen LogP contribution in [0.2, 0.25) is 0 Å². The van der Waals surface area contributed by atoms with Gasteiger partial charge in [0.25, 0.3) is 5.78 Å². The topological polar surface area (TPSA) is 89.0 Å². The molecule has 7 nitrogen and oxygen atoms in total. The summed E-state index contributed by atoms with van der Waals surface area (Å²) in [6.07, 6.45) is 3.19. The first kappa shape index (κ1) is 22.3. The van der Waals surface area contributed by atoms with Crippen molar-refractivity contribution in [3.8, 4) is 11.5 Å². The van der Waals surface area contributed by atoms with Gasteiger partial charge in [-0.3, -0.25) is 14.5 Å². The fourth-order valence-electron chi connectivity index (χ4n) is 3.64. The molecule has 1 aliphatic rings. The Bertz CT molecular complexity index is 1200. The van der Waals surface area contributed by atoms with Crippen molar-refractivity contribution in [2.75, 3.05) is 18.1 Å². The van der Waals surface area contributed by atoms with Crippen molar-refractivity contribution in [1.82, 2.24) is 4.98 Å². The van der Waals surface area contributed by atoms with Crippen molar-refractivity contribution in [2.24, 2.45) is 0 Å². The Balaban J connectivity index is 1.85. The number of aliphatic hydroxyl groups is 1. The molecule has 2 heterocycles. The van der Waals surface area contributed by atoms with Crippen LogP contribution in [-0.4, -0.2) is 35.0 Å². The van der Waals surface area contributed by atoms with Crippen molar-refractivity contribution < 1.29 is 24.2 Å². The number of rotatable bonds is 8. The summed E-state index contributed by atoms with van der Waals surface area (Å²) < 4.78 is 11.1. The maximum absolute atomic E-state index is 13.1. The lowest BCUT2D eigenvalue weighted by molar-refractivity contribution is -0.132. The summed E-state index contributed by atoms with van der Waals surface area (Å²) >= 11 is 1.24. The second kappa shape index (κ2) is 9.70. The molecule has 1 fully saturated rings. The number of anilines is 1. The number of carbonyl (C=O) groups excluding carboxylic acids is 2. The van der Waals surface area contributed by atoms with Gasteiger partial charge in [0.1, 0.15) is 23.9 Å². The molecule has 4 rings (SSSR count). The minimum Gasteiger partial charge on any atom is -0.507 e. The smallest absolute Gasteiger partial charge is 0.301 e. The Morgan fingerprint density at radius 1 is 1.18 bits per heavy atom. The van der Waals surface area contributed by atoms with Crippen LogP contribution in [0.15, 0.2) is 78.3 Å². The summed E-state index contributed by atoms with van der Waals surface area (Å²) in [5.74, 6) is -0.601. The van der Waals surface area contributed by atoms with Gasteiger partial charge in [0.2, 0.25) is 0 Å². The van der Waals surface area contributed by atoms with Crippen LogP contribution in [-0.2, 0) is 9.59 Å². The average Bonchev–Trinajstić information content (AvgIpc) is 3.45. The van der Waals surface area contributed by atoms with Crippen molar-refractivity contribution in [2.45, 2.75) is 13.0 Å². The molecule has 0 saturated carbocycles. The molecule has 1 amide bonds. The van der Waals surface area contributed by atoms with Crippen molar-refractivity contribution in [1.29, 1.82) is 0 Å². The van der Waals surface area contributed by atoms with E-state index in [4.69, 9.17) is 9.47 Å². The number of hydrogen-bond donors (Lipinski definition) is 1. The van der Waals surface area contributed by atoms with Crippen LogP contribution in [0, 0.1) is 0 Å². The van der Waals surface area contributed by atoms with Gasteiger partial charge in [-0.15, -0.1) is 11.3 Å². The molecule has 1 aliphatic heterocycles. The molecule has 1 atom stereocenters. The highest BCUT2D eigenvalue weighted by Gasteiger charge is 2.48. The molecule has 1 N–H and O–H groups in total. The quantitative estimate of drug-likeness (QED) is 0.225. The highest BCUT2D eigenvalue weighted by molar-refractivity contribution is 7.14. The average molecular weight is 463 g/mol. The fourth-order valence-corrected chi connectivity index (χ4v) is 4.31. The molecule has 3 aromatic rings. The van der Waals surface area contributed by atoms with Crippen molar-refractivity contribution in [3.05, 3.63) is 89.5 Å². The van der Waals surface area contributed by atoms with E-state index in [9.17, 15) is 14.7 Å². The third kappa shape index (κ3) is 4.38. The molecule has 0 radical (unpaired) electrons. The van der Waals surface area contributed by atoms with E-state index in [1.165, 1.54) is 16.2 Å². The number of hydrogen-bond acceptors (Lipinski definition) is 7. The van der Waals surface area contributed by atoms with E-state index in [1.807, 2.05) is 6.92 Å². The van der Waals surface area contributed by atoms with Gasteiger partial charge in [0.05, 0.1) is 18.2 Å². The second-order valence-corrected chi connectivity index (χ2v) is 7.99. The van der Waals surface area contributed by atoms with Gasteiger partial charge < -0.3 is 14.6 Å². The lowest BCUT2D eigenvalue weighted by Crippen LogP contribution is -2.29. The van der Waals surface area contributed by atoms with Gasteiger partial charge in [-0.1, -0.05) is 24.8 Å². The van der Waals surface area contributed by atoms with E-state index >= 15 is 0 Å². The Hall–Kier alpha value is -3.91. The number of nitrogens with zero attached hydrogens (tertiary/aromatic N) is 2.